The van der Waals surface area contributed by atoms with Crippen LogP contribution in [0, 0.1) is 0 Å². The van der Waals surface area contributed by atoms with Crippen molar-refractivity contribution in [2.45, 2.75) is 6.92 Å². The summed E-state index contributed by atoms with van der Waals surface area (Å²) in [4.78, 5) is 23.1. The molecule has 5 nitrogen and oxygen atoms in total. The van der Waals surface area contributed by atoms with Gasteiger partial charge >= 0.3 is 11.9 Å². The van der Waals surface area contributed by atoms with E-state index < -0.39 is 18.5 Å². The van der Waals surface area contributed by atoms with Crippen LogP contribution >= 0.6 is 0 Å². The topological polar surface area (TPSA) is 87.0 Å². The fraction of sp³-hybridized carbons (Fsp3) is 0.400. The van der Waals surface area contributed by atoms with Crippen molar-refractivity contribution in [3.8, 4) is 0 Å². The van der Waals surface area contributed by atoms with Crippen molar-refractivity contribution in [2.75, 3.05) is 6.54 Å². The Kier molecular flexibility index (Phi) is 3.10. The van der Waals surface area contributed by atoms with Gasteiger partial charge in [-0.1, -0.05) is 0 Å². The lowest BCUT2D eigenvalue weighted by atomic mass is 10.4. The first kappa shape index (κ1) is 8.61. The third kappa shape index (κ3) is 3.59. The summed E-state index contributed by atoms with van der Waals surface area (Å²) >= 11 is 0. The van der Waals surface area contributed by atoms with Gasteiger partial charge in [0.05, 0.1) is 0 Å². The van der Waals surface area contributed by atoms with E-state index in [9.17, 15) is 9.59 Å². The summed E-state index contributed by atoms with van der Waals surface area (Å²) in [5.74, 6) is -2.33. The maximum absolute atomic E-state index is 9.99. The molecule has 0 atom stereocenters. The average molecular weight is 145 g/mol. The fourth-order valence-electron chi connectivity index (χ4n) is 0.254. The van der Waals surface area contributed by atoms with E-state index in [0.29, 0.717) is 0 Å². The number of rotatable bonds is 3. The summed E-state index contributed by atoms with van der Waals surface area (Å²) in [6.07, 6.45) is 0. The van der Waals surface area contributed by atoms with E-state index >= 15 is 0 Å². The molecule has 0 unspecified atom stereocenters. The lowest BCUT2D eigenvalue weighted by Gasteiger charge is -1.88. The van der Waals surface area contributed by atoms with Gasteiger partial charge in [-0.15, -0.1) is 0 Å². The standard InChI is InChI=1S/C5H7NO4/c1-3(5(9)10)6-2-4(7)8/h2H2,1H3,(H,7,8)(H,9,10). The van der Waals surface area contributed by atoms with Crippen LogP contribution in [-0.4, -0.2) is 34.4 Å². The molecule has 0 spiro atoms. The SMILES string of the molecule is CC(=NCC(=O)O)C(=O)O. The van der Waals surface area contributed by atoms with Gasteiger partial charge in [0.15, 0.2) is 0 Å². The lowest BCUT2D eigenvalue weighted by Crippen LogP contribution is -2.11. The molecule has 0 radical (unpaired) electrons. The van der Waals surface area contributed by atoms with E-state index in [1.54, 1.807) is 0 Å². The van der Waals surface area contributed by atoms with Gasteiger partial charge in [-0.3, -0.25) is 9.79 Å². The second-order valence-corrected chi connectivity index (χ2v) is 1.60. The molecule has 0 aromatic rings. The van der Waals surface area contributed by atoms with Crippen molar-refractivity contribution in [3.05, 3.63) is 0 Å². The summed E-state index contributed by atoms with van der Waals surface area (Å²) in [7, 11) is 0. The van der Waals surface area contributed by atoms with E-state index in [1.807, 2.05) is 0 Å². The maximum Gasteiger partial charge on any atom is 0.349 e. The zero-order valence-electron chi connectivity index (χ0n) is 5.37. The zero-order chi connectivity index (χ0) is 8.15. The molecule has 0 aromatic carbocycles. The maximum atomic E-state index is 9.99. The molecule has 56 valence electrons. The minimum atomic E-state index is -1.19. The minimum absolute atomic E-state index is 0.192. The highest BCUT2D eigenvalue weighted by molar-refractivity contribution is 6.34. The number of nitrogens with zero attached hydrogens (tertiary/aromatic N) is 1. The highest BCUT2D eigenvalue weighted by atomic mass is 16.4. The van der Waals surface area contributed by atoms with Crippen LogP contribution < -0.4 is 0 Å². The van der Waals surface area contributed by atoms with E-state index in [2.05, 4.69) is 4.99 Å². The summed E-state index contributed by atoms with van der Waals surface area (Å²) in [5, 5.41) is 16.2. The Morgan fingerprint density at radius 2 is 1.90 bits per heavy atom. The lowest BCUT2D eigenvalue weighted by molar-refractivity contribution is -0.135. The summed E-state index contributed by atoms with van der Waals surface area (Å²) in [5.41, 5.74) is -0.192. The van der Waals surface area contributed by atoms with E-state index in [4.69, 9.17) is 10.2 Å². The van der Waals surface area contributed by atoms with E-state index in [0.717, 1.165) is 0 Å². The molecule has 0 aliphatic carbocycles. The molecule has 0 rings (SSSR count). The molecule has 0 saturated heterocycles. The van der Waals surface area contributed by atoms with Gasteiger partial charge < -0.3 is 10.2 Å². The average Bonchev–Trinajstić information content (AvgIpc) is 1.82. The van der Waals surface area contributed by atoms with Gasteiger partial charge in [0.25, 0.3) is 0 Å². The Morgan fingerprint density at radius 1 is 1.40 bits per heavy atom. The number of aliphatic carboxylic acids is 2. The van der Waals surface area contributed by atoms with Gasteiger partial charge in [-0.25, -0.2) is 4.79 Å². The summed E-state index contributed by atoms with van der Waals surface area (Å²) in [6.45, 7) is 0.753. The number of carbonyl (C=O) groups is 2. The van der Waals surface area contributed by atoms with Crippen molar-refractivity contribution in [1.82, 2.24) is 0 Å². The Morgan fingerprint density at radius 3 is 2.20 bits per heavy atom. The molecular formula is C5H7NO4. The monoisotopic (exact) mass is 145 g/mol. The molecule has 10 heavy (non-hydrogen) atoms. The van der Waals surface area contributed by atoms with Crippen LogP contribution in [0.3, 0.4) is 0 Å². The van der Waals surface area contributed by atoms with E-state index in [1.165, 1.54) is 6.92 Å². The van der Waals surface area contributed by atoms with Crippen LogP contribution in [0.15, 0.2) is 4.99 Å². The molecule has 0 fully saturated rings. The van der Waals surface area contributed by atoms with Crippen LogP contribution in [0.1, 0.15) is 6.92 Å². The molecule has 0 aromatic heterocycles. The molecular weight excluding hydrogens is 138 g/mol. The van der Waals surface area contributed by atoms with Crippen LogP contribution in [0.25, 0.3) is 0 Å². The number of aliphatic imine (C=N–C) groups is 1. The number of hydrogen-bond acceptors (Lipinski definition) is 3. The second kappa shape index (κ2) is 3.60. The number of hydrogen-bond donors (Lipinski definition) is 2. The Bertz CT molecular complexity index is 184. The quantitative estimate of drug-likeness (QED) is 0.530. The van der Waals surface area contributed by atoms with Crippen molar-refractivity contribution in [2.24, 2.45) is 4.99 Å². The third-order valence-electron chi connectivity index (χ3n) is 0.761. The third-order valence-corrected chi connectivity index (χ3v) is 0.761. The van der Waals surface area contributed by atoms with Crippen LogP contribution in [-0.2, 0) is 9.59 Å². The normalized spacial score (nSPS) is 11.1. The Labute approximate surface area is 57.0 Å². The first-order chi connectivity index (χ1) is 4.54. The predicted octanol–water partition coefficient (Wildman–Crippen LogP) is -0.384. The zero-order valence-corrected chi connectivity index (χ0v) is 5.37. The molecule has 2 N–H and O–H groups in total. The van der Waals surface area contributed by atoms with Gasteiger partial charge in [0.1, 0.15) is 12.3 Å². The van der Waals surface area contributed by atoms with Crippen molar-refractivity contribution >= 4 is 17.7 Å². The second-order valence-electron chi connectivity index (χ2n) is 1.60. The van der Waals surface area contributed by atoms with Gasteiger partial charge in [-0.2, -0.15) is 0 Å². The minimum Gasteiger partial charge on any atom is -0.480 e. The van der Waals surface area contributed by atoms with Crippen LogP contribution in [0.5, 0.6) is 0 Å². The molecule has 0 amide bonds. The molecule has 0 aliphatic rings. The first-order valence-corrected chi connectivity index (χ1v) is 2.50. The molecule has 5 heteroatoms. The largest absolute Gasteiger partial charge is 0.480 e. The molecule has 0 saturated carbocycles. The number of carboxylic acid groups (broad SMARTS) is 2. The van der Waals surface area contributed by atoms with Crippen molar-refractivity contribution < 1.29 is 19.8 Å². The fourth-order valence-corrected chi connectivity index (χ4v) is 0.254. The Hall–Kier alpha value is -1.39. The summed E-state index contributed by atoms with van der Waals surface area (Å²) < 4.78 is 0. The van der Waals surface area contributed by atoms with Gasteiger partial charge in [0.2, 0.25) is 0 Å². The van der Waals surface area contributed by atoms with Gasteiger partial charge in [-0.05, 0) is 6.92 Å². The smallest absolute Gasteiger partial charge is 0.349 e. The van der Waals surface area contributed by atoms with E-state index in [-0.39, 0.29) is 5.71 Å². The van der Waals surface area contributed by atoms with Crippen LogP contribution in [0.2, 0.25) is 0 Å². The summed E-state index contributed by atoms with van der Waals surface area (Å²) in [6, 6.07) is 0. The molecule has 0 bridgehead atoms. The molecule has 0 aliphatic heterocycles. The van der Waals surface area contributed by atoms with Crippen molar-refractivity contribution in [1.29, 1.82) is 0 Å². The Balaban J connectivity index is 3.92. The van der Waals surface area contributed by atoms with Crippen molar-refractivity contribution in [3.63, 3.8) is 0 Å². The van der Waals surface area contributed by atoms with Crippen LogP contribution in [0.4, 0.5) is 0 Å². The number of carboxylic acids is 2. The first-order valence-electron chi connectivity index (χ1n) is 2.50. The highest BCUT2D eigenvalue weighted by Crippen LogP contribution is 1.77. The predicted molar refractivity (Wildman–Crippen MR) is 33.2 cm³/mol. The van der Waals surface area contributed by atoms with Gasteiger partial charge in [0, 0.05) is 0 Å². The molecule has 0 heterocycles. The highest BCUT2D eigenvalue weighted by Gasteiger charge is 2.01.